The molecule has 33 heavy (non-hydrogen) atoms. The van der Waals surface area contributed by atoms with E-state index in [1.807, 2.05) is 6.07 Å². The Bertz CT molecular complexity index is 1210. The van der Waals surface area contributed by atoms with Gasteiger partial charge in [-0.1, -0.05) is 60.1 Å². The quantitative estimate of drug-likeness (QED) is 0.323. The molecule has 5 nitrogen and oxygen atoms in total. The normalized spacial score (nSPS) is 15.3. The van der Waals surface area contributed by atoms with Crippen molar-refractivity contribution in [1.29, 1.82) is 0 Å². The van der Waals surface area contributed by atoms with E-state index >= 15 is 0 Å². The van der Waals surface area contributed by atoms with Crippen LogP contribution in [0.1, 0.15) is 28.8 Å². The summed E-state index contributed by atoms with van der Waals surface area (Å²) >= 11 is 5.90. The molecule has 1 fully saturated rings. The van der Waals surface area contributed by atoms with Gasteiger partial charge in [0.15, 0.2) is 5.78 Å². The van der Waals surface area contributed by atoms with Crippen molar-refractivity contribution in [2.24, 2.45) is 5.92 Å². The van der Waals surface area contributed by atoms with E-state index < -0.39 is 10.1 Å². The topological polar surface area (TPSA) is 63.7 Å². The number of carbonyl (C=O) groups excluding carboxylic acids is 1. The SMILES string of the molecule is O=C(c1cccc(OS(=O)(=O)c2cccc(Cl)c2)c1)C1CCN(CCc2ccccc2)CC1. The molecular formula is C26H26ClNO4S. The standard InChI is InChI=1S/C26H26ClNO4S/c27-23-9-5-11-25(19-23)33(30,31)32-24-10-4-8-22(18-24)26(29)21-13-16-28(17-14-21)15-12-20-6-2-1-3-7-20/h1-11,18-19,21H,12-17H2. The Morgan fingerprint density at radius 1 is 0.939 bits per heavy atom. The van der Waals surface area contributed by atoms with Gasteiger partial charge < -0.3 is 9.08 Å². The van der Waals surface area contributed by atoms with Crippen LogP contribution in [-0.2, 0) is 16.5 Å². The lowest BCUT2D eigenvalue weighted by Gasteiger charge is -2.31. The Morgan fingerprint density at radius 3 is 2.39 bits per heavy atom. The van der Waals surface area contributed by atoms with Gasteiger partial charge in [-0.3, -0.25) is 4.79 Å². The lowest BCUT2D eigenvalue weighted by molar-refractivity contribution is 0.0841. The molecule has 1 aliphatic rings. The van der Waals surface area contributed by atoms with E-state index in [4.69, 9.17) is 15.8 Å². The van der Waals surface area contributed by atoms with E-state index in [2.05, 4.69) is 29.2 Å². The summed E-state index contributed by atoms with van der Waals surface area (Å²) < 4.78 is 30.4. The van der Waals surface area contributed by atoms with Gasteiger partial charge in [-0.05, 0) is 68.2 Å². The first kappa shape index (κ1) is 23.5. The van der Waals surface area contributed by atoms with Crippen molar-refractivity contribution in [3.05, 3.63) is 95.0 Å². The highest BCUT2D eigenvalue weighted by Gasteiger charge is 2.26. The number of piperidine rings is 1. The number of Topliss-reactive ketones (excluding diaryl/α,β-unsaturated/α-hetero) is 1. The molecular weight excluding hydrogens is 458 g/mol. The number of likely N-dealkylation sites (tertiary alicyclic amines) is 1. The lowest BCUT2D eigenvalue weighted by atomic mass is 9.88. The zero-order valence-corrected chi connectivity index (χ0v) is 19.8. The molecule has 0 N–H and O–H groups in total. The number of ketones is 1. The summed E-state index contributed by atoms with van der Waals surface area (Å²) in [5.74, 6) is 0.0715. The van der Waals surface area contributed by atoms with E-state index in [0.29, 0.717) is 10.6 Å². The van der Waals surface area contributed by atoms with Gasteiger partial charge in [0.25, 0.3) is 0 Å². The highest BCUT2D eigenvalue weighted by Crippen LogP contribution is 2.26. The van der Waals surface area contributed by atoms with Gasteiger partial charge in [0.1, 0.15) is 10.6 Å². The molecule has 0 unspecified atom stereocenters. The lowest BCUT2D eigenvalue weighted by Crippen LogP contribution is -2.37. The highest BCUT2D eigenvalue weighted by atomic mass is 35.5. The van der Waals surface area contributed by atoms with E-state index in [0.717, 1.165) is 38.9 Å². The third-order valence-corrected chi connectivity index (χ3v) is 7.41. The van der Waals surface area contributed by atoms with E-state index in [1.165, 1.54) is 29.8 Å². The van der Waals surface area contributed by atoms with Crippen LogP contribution in [0.5, 0.6) is 5.75 Å². The number of hydrogen-bond acceptors (Lipinski definition) is 5. The first-order chi connectivity index (χ1) is 15.9. The van der Waals surface area contributed by atoms with Crippen molar-refractivity contribution in [3.63, 3.8) is 0 Å². The Hall–Kier alpha value is -2.67. The van der Waals surface area contributed by atoms with Gasteiger partial charge in [-0.15, -0.1) is 0 Å². The third kappa shape index (κ3) is 6.22. The maximum atomic E-state index is 13.1. The van der Waals surface area contributed by atoms with Gasteiger partial charge in [0.05, 0.1) is 0 Å². The van der Waals surface area contributed by atoms with Crippen LogP contribution in [0.15, 0.2) is 83.8 Å². The minimum absolute atomic E-state index is 0.0308. The molecule has 0 amide bonds. The number of nitrogens with zero attached hydrogens (tertiary/aromatic N) is 1. The predicted molar refractivity (Wildman–Crippen MR) is 129 cm³/mol. The highest BCUT2D eigenvalue weighted by molar-refractivity contribution is 7.87. The van der Waals surface area contributed by atoms with Crippen LogP contribution in [0, 0.1) is 5.92 Å². The van der Waals surface area contributed by atoms with Crippen LogP contribution in [-0.4, -0.2) is 38.7 Å². The number of benzene rings is 3. The Balaban J connectivity index is 1.35. The van der Waals surface area contributed by atoms with E-state index in [9.17, 15) is 13.2 Å². The molecule has 0 atom stereocenters. The van der Waals surface area contributed by atoms with Crippen molar-refractivity contribution in [2.75, 3.05) is 19.6 Å². The average molecular weight is 484 g/mol. The summed E-state index contributed by atoms with van der Waals surface area (Å²) in [6.07, 6.45) is 2.58. The van der Waals surface area contributed by atoms with Gasteiger partial charge in [0, 0.05) is 23.0 Å². The fraction of sp³-hybridized carbons (Fsp3) is 0.269. The molecule has 1 saturated heterocycles. The summed E-state index contributed by atoms with van der Waals surface area (Å²) in [4.78, 5) is 15.4. The minimum atomic E-state index is -4.04. The fourth-order valence-corrected chi connectivity index (χ4v) is 5.31. The minimum Gasteiger partial charge on any atom is -0.379 e. The summed E-state index contributed by atoms with van der Waals surface area (Å²) in [7, 11) is -4.04. The largest absolute Gasteiger partial charge is 0.379 e. The van der Waals surface area contributed by atoms with Gasteiger partial charge in [-0.25, -0.2) is 0 Å². The fourth-order valence-electron chi connectivity index (χ4n) is 4.08. The van der Waals surface area contributed by atoms with Crippen LogP contribution >= 0.6 is 11.6 Å². The molecule has 0 bridgehead atoms. The second-order valence-corrected chi connectivity index (χ2v) is 10.2. The van der Waals surface area contributed by atoms with Gasteiger partial charge >= 0.3 is 10.1 Å². The van der Waals surface area contributed by atoms with E-state index in [1.54, 1.807) is 24.3 Å². The Kier molecular flexibility index (Phi) is 7.48. The molecule has 0 spiro atoms. The first-order valence-corrected chi connectivity index (χ1v) is 12.8. The summed E-state index contributed by atoms with van der Waals surface area (Å²) in [6, 6.07) is 22.7. The van der Waals surface area contributed by atoms with Crippen LogP contribution in [0.2, 0.25) is 5.02 Å². The molecule has 0 aromatic heterocycles. The smallest absolute Gasteiger partial charge is 0.339 e. The summed E-state index contributed by atoms with van der Waals surface area (Å²) in [6.45, 7) is 2.74. The van der Waals surface area contributed by atoms with Crippen LogP contribution in [0.3, 0.4) is 0 Å². The van der Waals surface area contributed by atoms with Crippen LogP contribution < -0.4 is 4.18 Å². The number of carbonyl (C=O) groups is 1. The van der Waals surface area contributed by atoms with Crippen molar-refractivity contribution < 1.29 is 17.4 Å². The molecule has 3 aromatic carbocycles. The molecule has 172 valence electrons. The number of rotatable bonds is 8. The van der Waals surface area contributed by atoms with Gasteiger partial charge in [-0.2, -0.15) is 8.42 Å². The average Bonchev–Trinajstić information content (AvgIpc) is 2.83. The van der Waals surface area contributed by atoms with Crippen molar-refractivity contribution in [2.45, 2.75) is 24.2 Å². The Morgan fingerprint density at radius 2 is 1.67 bits per heavy atom. The maximum absolute atomic E-state index is 13.1. The molecule has 0 radical (unpaired) electrons. The molecule has 1 aliphatic heterocycles. The zero-order valence-electron chi connectivity index (χ0n) is 18.2. The van der Waals surface area contributed by atoms with Crippen molar-refractivity contribution >= 4 is 27.5 Å². The molecule has 4 rings (SSSR count). The second kappa shape index (κ2) is 10.5. The molecule has 0 aliphatic carbocycles. The number of hydrogen-bond donors (Lipinski definition) is 0. The summed E-state index contributed by atoms with van der Waals surface area (Å²) in [5.41, 5.74) is 1.79. The monoisotopic (exact) mass is 483 g/mol. The first-order valence-electron chi connectivity index (χ1n) is 11.0. The Labute approximate surface area is 200 Å². The molecule has 0 saturated carbocycles. The van der Waals surface area contributed by atoms with Gasteiger partial charge in [0.2, 0.25) is 0 Å². The molecule has 3 aromatic rings. The number of halogens is 1. The van der Waals surface area contributed by atoms with Crippen LogP contribution in [0.4, 0.5) is 0 Å². The van der Waals surface area contributed by atoms with Crippen molar-refractivity contribution in [3.8, 4) is 5.75 Å². The second-order valence-electron chi connectivity index (χ2n) is 8.24. The van der Waals surface area contributed by atoms with Crippen LogP contribution in [0.25, 0.3) is 0 Å². The van der Waals surface area contributed by atoms with E-state index in [-0.39, 0.29) is 22.3 Å². The maximum Gasteiger partial charge on any atom is 0.339 e. The molecule has 1 heterocycles. The summed E-state index contributed by atoms with van der Waals surface area (Å²) in [5, 5.41) is 0.304. The van der Waals surface area contributed by atoms with Crippen molar-refractivity contribution in [1.82, 2.24) is 4.90 Å². The molecule has 7 heteroatoms. The zero-order chi connectivity index (χ0) is 23.3. The third-order valence-electron chi connectivity index (χ3n) is 5.93. The predicted octanol–water partition coefficient (Wildman–Crippen LogP) is 5.25.